The lowest BCUT2D eigenvalue weighted by molar-refractivity contribution is -0.275. The first-order valence-corrected chi connectivity index (χ1v) is 14.5. The molecule has 4 aliphatic rings. The van der Waals surface area contributed by atoms with Crippen molar-refractivity contribution in [2.45, 2.75) is 76.0 Å². The predicted octanol–water partition coefficient (Wildman–Crippen LogP) is 2.80. The van der Waals surface area contributed by atoms with E-state index in [0.29, 0.717) is 13.0 Å². The van der Waals surface area contributed by atoms with Crippen LogP contribution in [0.25, 0.3) is 5.76 Å². The Labute approximate surface area is 251 Å². The number of hydrogen-bond acceptors (Lipinski definition) is 10. The second kappa shape index (κ2) is 10.8. The first kappa shape index (κ1) is 31.8. The Morgan fingerprint density at radius 3 is 2.41 bits per heavy atom. The van der Waals surface area contributed by atoms with Crippen molar-refractivity contribution in [1.29, 1.82) is 0 Å². The molecule has 1 unspecified atom stereocenters. The summed E-state index contributed by atoms with van der Waals surface area (Å²) in [5.74, 6) is -9.26. The number of ether oxygens (including phenoxy) is 1. The number of amides is 1. The van der Waals surface area contributed by atoms with E-state index in [2.05, 4.69) is 4.74 Å². The van der Waals surface area contributed by atoms with Crippen LogP contribution in [-0.4, -0.2) is 92.4 Å². The molecular weight excluding hydrogens is 587 g/mol. The second-order valence-corrected chi connectivity index (χ2v) is 12.5. The number of phenols is 1. The second-order valence-electron chi connectivity index (χ2n) is 12.5. The maximum absolute atomic E-state index is 14.0. The zero-order chi connectivity index (χ0) is 32.6. The number of likely N-dealkylation sites (N-methyl/N-ethyl adjacent to an activating group) is 1. The summed E-state index contributed by atoms with van der Waals surface area (Å²) in [5.41, 5.74) is 0.516. The van der Waals surface area contributed by atoms with E-state index in [1.165, 1.54) is 19.0 Å². The number of aromatic hydroxyl groups is 1. The van der Waals surface area contributed by atoms with E-state index in [1.54, 1.807) is 0 Å². The molecule has 1 heterocycles. The lowest BCUT2D eigenvalue weighted by Crippen LogP contribution is -2.65. The van der Waals surface area contributed by atoms with Crippen LogP contribution in [-0.2, 0) is 20.8 Å². The number of likely N-dealkylation sites (tertiary alicyclic amines) is 1. The number of carbonyl (C=O) groups is 3. The van der Waals surface area contributed by atoms with Crippen LogP contribution in [0.3, 0.4) is 0 Å². The van der Waals surface area contributed by atoms with Crippen LogP contribution in [0.4, 0.5) is 13.2 Å². The summed E-state index contributed by atoms with van der Waals surface area (Å²) in [6.07, 6.45) is -3.65. The Balaban J connectivity index is 1.74. The lowest BCUT2D eigenvalue weighted by Gasteiger charge is -2.50. The number of Topliss-reactive ketones (excluding diaryl/α,β-unsaturated/α-hetero) is 2. The maximum Gasteiger partial charge on any atom is 0.573 e. The average Bonchev–Trinajstić information content (AvgIpc) is 2.91. The van der Waals surface area contributed by atoms with Gasteiger partial charge < -0.3 is 30.9 Å². The molecule has 0 spiro atoms. The number of fused-ring (bicyclic) bond motifs is 3. The van der Waals surface area contributed by atoms with Gasteiger partial charge >= 0.3 is 6.36 Å². The van der Waals surface area contributed by atoms with Crippen molar-refractivity contribution in [3.05, 3.63) is 39.7 Å². The summed E-state index contributed by atoms with van der Waals surface area (Å²) in [6.45, 7) is 4.44. The highest BCUT2D eigenvalue weighted by molar-refractivity contribution is 6.24. The maximum atomic E-state index is 14.0. The number of hydrogen-bond donors (Lipinski definition) is 5. The zero-order valence-corrected chi connectivity index (χ0v) is 24.7. The Kier molecular flexibility index (Phi) is 7.78. The van der Waals surface area contributed by atoms with Crippen molar-refractivity contribution in [3.63, 3.8) is 0 Å². The van der Waals surface area contributed by atoms with Crippen LogP contribution in [0.2, 0.25) is 0 Å². The molecule has 2 fully saturated rings. The fourth-order valence-electron chi connectivity index (χ4n) is 7.71. The molecule has 1 saturated heterocycles. The zero-order valence-electron chi connectivity index (χ0n) is 24.7. The summed E-state index contributed by atoms with van der Waals surface area (Å²) < 4.78 is 46.4. The van der Waals surface area contributed by atoms with E-state index in [0.717, 1.165) is 18.9 Å². The Bertz CT molecular complexity index is 1500. The van der Waals surface area contributed by atoms with Gasteiger partial charge in [0.15, 0.2) is 11.4 Å². The summed E-state index contributed by atoms with van der Waals surface area (Å²) in [7, 11) is 2.91. The molecule has 0 aromatic heterocycles. The van der Waals surface area contributed by atoms with Gasteiger partial charge in [-0.15, -0.1) is 13.2 Å². The minimum Gasteiger partial charge on any atom is -0.508 e. The summed E-state index contributed by atoms with van der Waals surface area (Å²) in [4.78, 5) is 42.8. The number of alkyl halides is 3. The fraction of sp³-hybridized carbons (Fsp3) is 0.567. The minimum absolute atomic E-state index is 0.0383. The smallest absolute Gasteiger partial charge is 0.508 e. The van der Waals surface area contributed by atoms with Gasteiger partial charge in [0.05, 0.1) is 11.6 Å². The minimum atomic E-state index is -5.13. The Morgan fingerprint density at radius 1 is 1.18 bits per heavy atom. The topological polar surface area (TPSA) is 174 Å². The van der Waals surface area contributed by atoms with E-state index in [-0.39, 0.29) is 30.0 Å². The number of benzene rings is 1. The molecule has 3 aliphatic carbocycles. The number of primary amides is 1. The van der Waals surface area contributed by atoms with Gasteiger partial charge in [0.2, 0.25) is 5.78 Å². The first-order valence-electron chi connectivity index (χ1n) is 14.5. The number of nitrogens with zero attached hydrogens (tertiary/aromatic N) is 2. The van der Waals surface area contributed by atoms with Crippen molar-refractivity contribution >= 4 is 23.2 Å². The Hall–Kier alpha value is -3.62. The van der Waals surface area contributed by atoms with E-state index >= 15 is 0 Å². The molecule has 240 valence electrons. The molecule has 1 aromatic carbocycles. The molecular formula is C30H36F3N3O8. The standard InChI is InChI=1S/C30H36F3N3O8/c1-12(2)36-8-6-5-7-17(36)14-11-18(37)20-15(25(14)44-30(31,32)33)9-13-10-16-22(35(3)4)24(39)21(28(34)42)27(41)29(16,43)26(40)19(13)23(20)38/h11-13,16-17,22,37-38,41,43H,5-10H2,1-4H3,(H2,34,42)/t13-,16-,17?,22-,29-/m0/s1. The number of ketones is 2. The third-order valence-electron chi connectivity index (χ3n) is 9.48. The largest absolute Gasteiger partial charge is 0.573 e. The summed E-state index contributed by atoms with van der Waals surface area (Å²) in [5, 5.41) is 45.3. The third kappa shape index (κ3) is 4.74. The molecule has 5 atom stereocenters. The van der Waals surface area contributed by atoms with Crippen LogP contribution < -0.4 is 10.5 Å². The van der Waals surface area contributed by atoms with Crippen molar-refractivity contribution in [3.8, 4) is 11.5 Å². The van der Waals surface area contributed by atoms with Crippen molar-refractivity contribution in [1.82, 2.24) is 9.80 Å². The molecule has 11 nitrogen and oxygen atoms in total. The highest BCUT2D eigenvalue weighted by Gasteiger charge is 2.64. The van der Waals surface area contributed by atoms with E-state index in [4.69, 9.17) is 5.73 Å². The number of phenolic OH excluding ortho intramolecular Hbond substituents is 1. The van der Waals surface area contributed by atoms with Gasteiger partial charge in [0.1, 0.15) is 28.6 Å². The van der Waals surface area contributed by atoms with E-state index < -0.39 is 93.1 Å². The highest BCUT2D eigenvalue weighted by atomic mass is 19.4. The van der Waals surface area contributed by atoms with Crippen LogP contribution in [0.1, 0.15) is 62.3 Å². The normalized spacial score (nSPS) is 29.6. The van der Waals surface area contributed by atoms with Gasteiger partial charge in [-0.3, -0.25) is 24.2 Å². The Morgan fingerprint density at radius 2 is 1.84 bits per heavy atom. The van der Waals surface area contributed by atoms with E-state index in [9.17, 15) is 48.0 Å². The molecule has 5 rings (SSSR count). The van der Waals surface area contributed by atoms with Gasteiger partial charge in [-0.25, -0.2) is 0 Å². The van der Waals surface area contributed by atoms with Gasteiger partial charge in [-0.2, -0.15) is 0 Å². The summed E-state index contributed by atoms with van der Waals surface area (Å²) >= 11 is 0. The van der Waals surface area contributed by atoms with Crippen LogP contribution in [0.5, 0.6) is 11.5 Å². The van der Waals surface area contributed by atoms with Gasteiger partial charge in [-0.1, -0.05) is 6.42 Å². The molecule has 14 heteroatoms. The number of aliphatic hydroxyl groups is 3. The molecule has 1 amide bonds. The highest BCUT2D eigenvalue weighted by Crippen LogP contribution is 2.55. The molecule has 0 bridgehead atoms. The first-order chi connectivity index (χ1) is 20.4. The number of nitrogens with two attached hydrogens (primary N) is 1. The number of carbonyl (C=O) groups excluding carboxylic acids is 3. The van der Waals surface area contributed by atoms with Gasteiger partial charge in [0.25, 0.3) is 5.91 Å². The van der Waals surface area contributed by atoms with Crippen molar-refractivity contribution < 1.29 is 52.7 Å². The van der Waals surface area contributed by atoms with Gasteiger partial charge in [0, 0.05) is 34.7 Å². The van der Waals surface area contributed by atoms with Gasteiger partial charge in [-0.05, 0) is 72.2 Å². The third-order valence-corrected chi connectivity index (χ3v) is 9.48. The summed E-state index contributed by atoms with van der Waals surface area (Å²) in [6, 6.07) is -0.785. The molecule has 1 aliphatic heterocycles. The SMILES string of the molecule is CC(C)N1CCCCC1c1cc(O)c2c(c1OC(F)(F)F)C[C@H]1C[C@H]3[C@H](N(C)C)C(=O)C(C(N)=O)=C(O)[C@@]3(O)C(=O)C1=C2O. The van der Waals surface area contributed by atoms with Crippen LogP contribution >= 0.6 is 0 Å². The number of halogens is 3. The predicted molar refractivity (Wildman–Crippen MR) is 149 cm³/mol. The number of piperidine rings is 1. The van der Waals surface area contributed by atoms with Crippen LogP contribution in [0, 0.1) is 11.8 Å². The average molecular weight is 624 g/mol. The quantitative estimate of drug-likeness (QED) is 0.307. The number of rotatable bonds is 5. The monoisotopic (exact) mass is 623 g/mol. The van der Waals surface area contributed by atoms with E-state index in [1.807, 2.05) is 18.7 Å². The molecule has 1 saturated carbocycles. The number of aliphatic hydroxyl groups excluding tert-OH is 2. The molecule has 6 N–H and O–H groups in total. The van der Waals surface area contributed by atoms with Crippen LogP contribution in [0.15, 0.2) is 23.0 Å². The molecule has 1 aromatic rings. The molecule has 44 heavy (non-hydrogen) atoms. The van der Waals surface area contributed by atoms with Crippen molar-refractivity contribution in [2.75, 3.05) is 20.6 Å². The van der Waals surface area contributed by atoms with Crippen molar-refractivity contribution in [2.24, 2.45) is 17.6 Å². The fourth-order valence-corrected chi connectivity index (χ4v) is 7.71. The lowest BCUT2D eigenvalue weighted by atomic mass is 9.57. The molecule has 0 radical (unpaired) electrons.